The number of aromatic nitrogens is 4. The number of piperidine rings is 1. The Balaban J connectivity index is 1.55. The predicted octanol–water partition coefficient (Wildman–Crippen LogP) is 2.05. The number of aryl methyl sites for hydroxylation is 1. The summed E-state index contributed by atoms with van der Waals surface area (Å²) >= 11 is 0. The maximum absolute atomic E-state index is 12.9. The van der Waals surface area contributed by atoms with Crippen LogP contribution in [0, 0.1) is 12.8 Å². The third-order valence-electron chi connectivity index (χ3n) is 7.60. The summed E-state index contributed by atoms with van der Waals surface area (Å²) in [7, 11) is 1.42. The van der Waals surface area contributed by atoms with Gasteiger partial charge in [-0.25, -0.2) is 9.78 Å². The van der Waals surface area contributed by atoms with Crippen LogP contribution in [0.15, 0.2) is 21.7 Å². The second-order valence-electron chi connectivity index (χ2n) is 9.93. The van der Waals surface area contributed by atoms with Gasteiger partial charge in [-0.05, 0) is 63.4 Å². The summed E-state index contributed by atoms with van der Waals surface area (Å²) in [6.07, 6.45) is 6.00. The van der Waals surface area contributed by atoms with E-state index in [1.165, 1.54) is 19.9 Å². The zero-order valence-corrected chi connectivity index (χ0v) is 20.3. The van der Waals surface area contributed by atoms with E-state index in [1.54, 1.807) is 0 Å². The molecule has 2 N–H and O–H groups in total. The summed E-state index contributed by atoms with van der Waals surface area (Å²) in [6.45, 7) is 4.62. The molecule has 2 fully saturated rings. The van der Waals surface area contributed by atoms with E-state index < -0.39 is 17.2 Å². The number of anilines is 1. The van der Waals surface area contributed by atoms with E-state index in [9.17, 15) is 19.5 Å². The quantitative estimate of drug-likeness (QED) is 0.514. The van der Waals surface area contributed by atoms with Gasteiger partial charge in [-0.1, -0.05) is 12.8 Å². The number of carboxylic acid groups (broad SMARTS) is 1. The number of likely N-dealkylation sites (tertiary alicyclic amines) is 1. The van der Waals surface area contributed by atoms with E-state index in [1.807, 2.05) is 17.6 Å². The lowest BCUT2D eigenvalue weighted by Crippen LogP contribution is -2.39. The van der Waals surface area contributed by atoms with Crippen LogP contribution in [0.4, 0.5) is 5.69 Å². The van der Waals surface area contributed by atoms with Gasteiger partial charge in [-0.15, -0.1) is 0 Å². The average Bonchev–Trinajstić information content (AvgIpc) is 3.35. The van der Waals surface area contributed by atoms with E-state index in [4.69, 9.17) is 0 Å². The monoisotopic (exact) mass is 480 g/mol. The van der Waals surface area contributed by atoms with Crippen molar-refractivity contribution in [1.29, 1.82) is 0 Å². The normalized spacial score (nSPS) is 18.0. The van der Waals surface area contributed by atoms with Crippen LogP contribution in [0.1, 0.15) is 44.1 Å². The maximum atomic E-state index is 12.9. The predicted molar refractivity (Wildman–Crippen MR) is 133 cm³/mol. The molecule has 0 radical (unpaired) electrons. The minimum absolute atomic E-state index is 0.181. The Labute approximate surface area is 202 Å². The second kappa shape index (κ2) is 9.41. The fourth-order valence-electron chi connectivity index (χ4n) is 5.38. The smallest absolute Gasteiger partial charge is 0.352 e. The van der Waals surface area contributed by atoms with Crippen LogP contribution in [0.5, 0.6) is 0 Å². The third kappa shape index (κ3) is 4.54. The van der Waals surface area contributed by atoms with Crippen LogP contribution >= 0.6 is 0 Å². The lowest BCUT2D eigenvalue weighted by Gasteiger charge is -2.30. The first-order chi connectivity index (χ1) is 16.8. The lowest BCUT2D eigenvalue weighted by molar-refractivity contribution is -0.143. The van der Waals surface area contributed by atoms with Crippen molar-refractivity contribution in [2.45, 2.75) is 58.0 Å². The van der Waals surface area contributed by atoms with E-state index in [0.717, 1.165) is 34.2 Å². The van der Waals surface area contributed by atoms with Crippen LogP contribution < -0.4 is 16.6 Å². The molecule has 1 saturated carbocycles. The van der Waals surface area contributed by atoms with E-state index >= 15 is 0 Å². The van der Waals surface area contributed by atoms with E-state index in [-0.39, 0.29) is 11.6 Å². The molecule has 0 amide bonds. The number of fused-ring (bicyclic) bond motifs is 2. The summed E-state index contributed by atoms with van der Waals surface area (Å²) in [5.74, 6) is -0.728. The van der Waals surface area contributed by atoms with Crippen LogP contribution in [0.3, 0.4) is 0 Å². The molecule has 10 heteroatoms. The highest BCUT2D eigenvalue weighted by Crippen LogP contribution is 2.30. The zero-order chi connectivity index (χ0) is 24.7. The molecule has 5 rings (SSSR count). The Morgan fingerprint density at radius 3 is 2.49 bits per heavy atom. The third-order valence-corrected chi connectivity index (χ3v) is 7.60. The minimum Gasteiger partial charge on any atom is -0.481 e. The first kappa shape index (κ1) is 23.5. The molecular formula is C25H32N6O4. The van der Waals surface area contributed by atoms with Crippen molar-refractivity contribution in [3.63, 3.8) is 0 Å². The molecule has 0 aromatic heterocycles. The van der Waals surface area contributed by atoms with Crippen molar-refractivity contribution >= 4 is 22.7 Å². The molecule has 0 spiro atoms. The first-order valence-electron chi connectivity index (χ1n) is 12.5. The number of aliphatic carboxylic acids is 1. The molecule has 1 saturated heterocycles. The second-order valence-corrected chi connectivity index (χ2v) is 9.93. The topological polar surface area (TPSA) is 122 Å². The number of carbonyl (C=O) groups is 1. The molecule has 3 heterocycles. The molecule has 186 valence electrons. The number of nitrogens with one attached hydrogen (secondary N) is 1. The SMILES string of the molecule is Cc1cc2nc3c(=O)n(C)c(=O)nc-3n(CCN3CCC(C(=O)O)CC3)c2cc1NC1CCCC1. The Hall–Kier alpha value is -3.27. The fourth-order valence-corrected chi connectivity index (χ4v) is 5.38. The van der Waals surface area contributed by atoms with Crippen LogP contribution in [-0.4, -0.2) is 60.8 Å². The van der Waals surface area contributed by atoms with Crippen LogP contribution in [-0.2, 0) is 18.4 Å². The molecule has 0 bridgehead atoms. The highest BCUT2D eigenvalue weighted by Gasteiger charge is 2.26. The van der Waals surface area contributed by atoms with Gasteiger partial charge in [0.15, 0.2) is 11.5 Å². The molecule has 4 aliphatic rings. The summed E-state index contributed by atoms with van der Waals surface area (Å²) in [4.78, 5) is 47.7. The number of carboxylic acids is 1. The summed E-state index contributed by atoms with van der Waals surface area (Å²) < 4.78 is 2.92. The van der Waals surface area contributed by atoms with Gasteiger partial charge < -0.3 is 19.9 Å². The molecule has 35 heavy (non-hydrogen) atoms. The van der Waals surface area contributed by atoms with Gasteiger partial charge in [-0.2, -0.15) is 4.98 Å². The van der Waals surface area contributed by atoms with Gasteiger partial charge in [0, 0.05) is 31.9 Å². The minimum atomic E-state index is -0.731. The van der Waals surface area contributed by atoms with Crippen molar-refractivity contribution < 1.29 is 9.90 Å². The maximum Gasteiger partial charge on any atom is 0.352 e. The van der Waals surface area contributed by atoms with Crippen LogP contribution in [0.2, 0.25) is 0 Å². The molecule has 3 aliphatic heterocycles. The highest BCUT2D eigenvalue weighted by atomic mass is 16.4. The molecule has 1 aliphatic carbocycles. The number of hydrogen-bond acceptors (Lipinski definition) is 7. The largest absolute Gasteiger partial charge is 0.481 e. The molecule has 0 unspecified atom stereocenters. The highest BCUT2D eigenvalue weighted by molar-refractivity contribution is 5.84. The number of rotatable bonds is 6. The summed E-state index contributed by atoms with van der Waals surface area (Å²) in [5, 5.41) is 13.0. The number of hydrogen-bond donors (Lipinski definition) is 2. The Bertz CT molecular complexity index is 1350. The molecular weight excluding hydrogens is 448 g/mol. The van der Waals surface area contributed by atoms with Gasteiger partial charge in [0.05, 0.1) is 17.0 Å². The van der Waals surface area contributed by atoms with Crippen molar-refractivity contribution in [3.8, 4) is 11.5 Å². The van der Waals surface area contributed by atoms with Crippen molar-refractivity contribution in [3.05, 3.63) is 38.5 Å². The Morgan fingerprint density at radius 2 is 1.80 bits per heavy atom. The van der Waals surface area contributed by atoms with Gasteiger partial charge in [-0.3, -0.25) is 14.2 Å². The van der Waals surface area contributed by atoms with Gasteiger partial charge in [0.25, 0.3) is 5.56 Å². The van der Waals surface area contributed by atoms with E-state index in [2.05, 4.69) is 26.3 Å². The first-order valence-corrected chi connectivity index (χ1v) is 12.5. The van der Waals surface area contributed by atoms with Crippen molar-refractivity contribution in [1.82, 2.24) is 24.0 Å². The Morgan fingerprint density at radius 1 is 1.09 bits per heavy atom. The number of nitrogens with zero attached hydrogens (tertiary/aromatic N) is 5. The summed E-state index contributed by atoms with van der Waals surface area (Å²) in [6, 6.07) is 4.50. The molecule has 0 atom stereocenters. The lowest BCUT2D eigenvalue weighted by atomic mass is 9.97. The molecule has 1 aromatic rings. The zero-order valence-electron chi connectivity index (χ0n) is 20.3. The van der Waals surface area contributed by atoms with Crippen molar-refractivity contribution in [2.24, 2.45) is 13.0 Å². The van der Waals surface area contributed by atoms with Gasteiger partial charge >= 0.3 is 11.7 Å². The van der Waals surface area contributed by atoms with Gasteiger partial charge in [0.2, 0.25) is 0 Å². The molecule has 1 aromatic carbocycles. The van der Waals surface area contributed by atoms with E-state index in [0.29, 0.717) is 56.4 Å². The van der Waals surface area contributed by atoms with Crippen LogP contribution in [0.25, 0.3) is 22.6 Å². The summed E-state index contributed by atoms with van der Waals surface area (Å²) in [5.41, 5.74) is 2.73. The van der Waals surface area contributed by atoms with Crippen molar-refractivity contribution in [2.75, 3.05) is 25.0 Å². The van der Waals surface area contributed by atoms with Gasteiger partial charge in [0.1, 0.15) is 0 Å². The standard InChI is InChI=1S/C25H32N6O4/c1-15-13-19-20(14-18(15)26-17-5-3-4-6-17)31(12-11-30-9-7-16(8-10-30)24(33)34)22-21(27-19)23(32)29(2)25(35)28-22/h13-14,16-17,26H,3-12H2,1-2H3,(H,33,34). The molecule has 10 nitrogen and oxygen atoms in total. The average molecular weight is 481 g/mol. The Kier molecular flexibility index (Phi) is 6.31. The fraction of sp³-hybridized carbons (Fsp3) is 0.560. The number of benzene rings is 1.